The summed E-state index contributed by atoms with van der Waals surface area (Å²) in [5, 5.41) is 0. The first-order chi connectivity index (χ1) is 7.63. The standard InChI is InChI=1S/C12H14O4/c1-4-16-12(14)10-6-11(15-3)9(7-13)5-8(10)2/h5-7H,4H2,1-3H3. The number of esters is 1. The normalized spacial score (nSPS) is 9.69. The van der Waals surface area contributed by atoms with E-state index < -0.39 is 5.97 Å². The molecule has 0 fully saturated rings. The molecule has 0 unspecified atom stereocenters. The Morgan fingerprint density at radius 2 is 2.12 bits per heavy atom. The van der Waals surface area contributed by atoms with Crippen molar-refractivity contribution >= 4 is 12.3 Å². The van der Waals surface area contributed by atoms with E-state index in [1.807, 2.05) is 0 Å². The molecule has 0 saturated carbocycles. The van der Waals surface area contributed by atoms with Crippen molar-refractivity contribution in [3.63, 3.8) is 0 Å². The highest BCUT2D eigenvalue weighted by Gasteiger charge is 2.14. The zero-order valence-corrected chi connectivity index (χ0v) is 9.57. The van der Waals surface area contributed by atoms with E-state index in [9.17, 15) is 9.59 Å². The number of hydrogen-bond acceptors (Lipinski definition) is 4. The Labute approximate surface area is 94.2 Å². The summed E-state index contributed by atoms with van der Waals surface area (Å²) in [6, 6.07) is 3.13. The zero-order chi connectivity index (χ0) is 12.1. The molecule has 4 nitrogen and oxygen atoms in total. The molecule has 0 atom stereocenters. The molecule has 0 spiro atoms. The highest BCUT2D eigenvalue weighted by molar-refractivity contribution is 5.93. The molecule has 1 rings (SSSR count). The second kappa shape index (κ2) is 5.30. The van der Waals surface area contributed by atoms with Gasteiger partial charge in [-0.2, -0.15) is 0 Å². The minimum atomic E-state index is -0.407. The third kappa shape index (κ3) is 2.39. The Balaban J connectivity index is 3.20. The SMILES string of the molecule is CCOC(=O)c1cc(OC)c(C=O)cc1C. The lowest BCUT2D eigenvalue weighted by Gasteiger charge is -2.09. The number of methoxy groups -OCH3 is 1. The number of benzene rings is 1. The molecule has 0 heterocycles. The largest absolute Gasteiger partial charge is 0.496 e. The van der Waals surface area contributed by atoms with Gasteiger partial charge in [0.05, 0.1) is 24.8 Å². The molecule has 0 amide bonds. The minimum Gasteiger partial charge on any atom is -0.496 e. The van der Waals surface area contributed by atoms with Crippen LogP contribution in [0.5, 0.6) is 5.75 Å². The van der Waals surface area contributed by atoms with Gasteiger partial charge in [-0.3, -0.25) is 4.79 Å². The molecule has 0 bridgehead atoms. The maximum absolute atomic E-state index is 11.6. The van der Waals surface area contributed by atoms with Gasteiger partial charge in [0.25, 0.3) is 0 Å². The monoisotopic (exact) mass is 222 g/mol. The Kier molecular flexibility index (Phi) is 4.05. The zero-order valence-electron chi connectivity index (χ0n) is 9.57. The molecule has 0 aliphatic rings. The number of carbonyl (C=O) groups excluding carboxylic acids is 2. The number of carbonyl (C=O) groups is 2. The molecule has 1 aromatic carbocycles. The third-order valence-electron chi connectivity index (χ3n) is 2.20. The van der Waals surface area contributed by atoms with Crippen LogP contribution < -0.4 is 4.74 Å². The molecule has 86 valence electrons. The quantitative estimate of drug-likeness (QED) is 0.577. The summed E-state index contributed by atoms with van der Waals surface area (Å²) in [5.74, 6) is -0.0283. The average Bonchev–Trinajstić information content (AvgIpc) is 2.28. The van der Waals surface area contributed by atoms with E-state index in [0.717, 1.165) is 0 Å². The lowest BCUT2D eigenvalue weighted by molar-refractivity contribution is 0.0525. The van der Waals surface area contributed by atoms with Gasteiger partial charge in [0.2, 0.25) is 0 Å². The van der Waals surface area contributed by atoms with E-state index in [2.05, 4.69) is 0 Å². The number of ether oxygens (including phenoxy) is 2. The lowest BCUT2D eigenvalue weighted by Crippen LogP contribution is -2.08. The lowest BCUT2D eigenvalue weighted by atomic mass is 10.0. The van der Waals surface area contributed by atoms with E-state index in [1.165, 1.54) is 13.2 Å². The molecule has 0 N–H and O–H groups in total. The van der Waals surface area contributed by atoms with Crippen molar-refractivity contribution in [3.05, 3.63) is 28.8 Å². The van der Waals surface area contributed by atoms with Crippen LogP contribution in [0.15, 0.2) is 12.1 Å². The van der Waals surface area contributed by atoms with Crippen LogP contribution in [0.3, 0.4) is 0 Å². The number of rotatable bonds is 4. The van der Waals surface area contributed by atoms with Gasteiger partial charge >= 0.3 is 5.97 Å². The van der Waals surface area contributed by atoms with Crippen LogP contribution in [0.4, 0.5) is 0 Å². The van der Waals surface area contributed by atoms with Gasteiger partial charge < -0.3 is 9.47 Å². The number of aldehydes is 1. The number of aryl methyl sites for hydroxylation is 1. The average molecular weight is 222 g/mol. The van der Waals surface area contributed by atoms with Gasteiger partial charge in [0.1, 0.15) is 5.75 Å². The van der Waals surface area contributed by atoms with Gasteiger partial charge in [-0.1, -0.05) is 0 Å². The van der Waals surface area contributed by atoms with Crippen molar-refractivity contribution in [2.75, 3.05) is 13.7 Å². The minimum absolute atomic E-state index is 0.315. The van der Waals surface area contributed by atoms with Crippen LogP contribution in [0, 0.1) is 6.92 Å². The molecule has 0 aliphatic carbocycles. The summed E-state index contributed by atoms with van der Waals surface area (Å²) in [4.78, 5) is 22.3. The van der Waals surface area contributed by atoms with Crippen LogP contribution in [-0.4, -0.2) is 26.0 Å². The van der Waals surface area contributed by atoms with Crippen LogP contribution in [0.1, 0.15) is 33.2 Å². The third-order valence-corrected chi connectivity index (χ3v) is 2.20. The molecule has 0 radical (unpaired) electrons. The summed E-state index contributed by atoms with van der Waals surface area (Å²) in [6.45, 7) is 3.80. The van der Waals surface area contributed by atoms with E-state index in [-0.39, 0.29) is 0 Å². The van der Waals surface area contributed by atoms with E-state index >= 15 is 0 Å². The van der Waals surface area contributed by atoms with Crippen molar-refractivity contribution in [2.45, 2.75) is 13.8 Å². The molecule has 4 heteroatoms. The second-order valence-electron chi connectivity index (χ2n) is 3.25. The highest BCUT2D eigenvalue weighted by Crippen LogP contribution is 2.22. The summed E-state index contributed by atoms with van der Waals surface area (Å²) in [7, 11) is 1.45. The van der Waals surface area contributed by atoms with Crippen molar-refractivity contribution in [3.8, 4) is 5.75 Å². The molecule has 1 aromatic rings. The van der Waals surface area contributed by atoms with Crippen LogP contribution >= 0.6 is 0 Å². The van der Waals surface area contributed by atoms with Gasteiger partial charge in [-0.25, -0.2) is 4.79 Å². The van der Waals surface area contributed by atoms with Crippen molar-refractivity contribution in [2.24, 2.45) is 0 Å². The van der Waals surface area contributed by atoms with Gasteiger partial charge in [-0.15, -0.1) is 0 Å². The van der Waals surface area contributed by atoms with Crippen LogP contribution in [0.2, 0.25) is 0 Å². The molecular weight excluding hydrogens is 208 g/mol. The van der Waals surface area contributed by atoms with E-state index in [0.29, 0.717) is 35.3 Å². The predicted molar refractivity (Wildman–Crippen MR) is 59.1 cm³/mol. The first-order valence-corrected chi connectivity index (χ1v) is 4.95. The second-order valence-corrected chi connectivity index (χ2v) is 3.25. The molecule has 16 heavy (non-hydrogen) atoms. The Bertz CT molecular complexity index is 410. The maximum Gasteiger partial charge on any atom is 0.338 e. The Morgan fingerprint density at radius 1 is 1.44 bits per heavy atom. The summed E-state index contributed by atoms with van der Waals surface area (Å²) in [6.07, 6.45) is 0.695. The number of hydrogen-bond donors (Lipinski definition) is 0. The van der Waals surface area contributed by atoms with Crippen molar-refractivity contribution in [1.29, 1.82) is 0 Å². The van der Waals surface area contributed by atoms with Gasteiger partial charge in [0.15, 0.2) is 6.29 Å². The highest BCUT2D eigenvalue weighted by atomic mass is 16.5. The van der Waals surface area contributed by atoms with Crippen molar-refractivity contribution < 1.29 is 19.1 Å². The smallest absolute Gasteiger partial charge is 0.338 e. The summed E-state index contributed by atoms with van der Waals surface area (Å²) >= 11 is 0. The molecule has 0 aromatic heterocycles. The van der Waals surface area contributed by atoms with Gasteiger partial charge in [-0.05, 0) is 31.5 Å². The fourth-order valence-electron chi connectivity index (χ4n) is 1.41. The fourth-order valence-corrected chi connectivity index (χ4v) is 1.41. The fraction of sp³-hybridized carbons (Fsp3) is 0.333. The Hall–Kier alpha value is -1.84. The first-order valence-electron chi connectivity index (χ1n) is 4.95. The summed E-state index contributed by atoms with van der Waals surface area (Å²) in [5.41, 5.74) is 1.54. The topological polar surface area (TPSA) is 52.6 Å². The predicted octanol–water partition coefficient (Wildman–Crippen LogP) is 1.99. The molecule has 0 saturated heterocycles. The Morgan fingerprint density at radius 3 is 2.62 bits per heavy atom. The molecular formula is C12H14O4. The first kappa shape index (κ1) is 12.2. The maximum atomic E-state index is 11.6. The van der Waals surface area contributed by atoms with Gasteiger partial charge in [0, 0.05) is 0 Å². The van der Waals surface area contributed by atoms with Crippen LogP contribution in [-0.2, 0) is 4.74 Å². The van der Waals surface area contributed by atoms with E-state index in [1.54, 1.807) is 19.9 Å². The van der Waals surface area contributed by atoms with Crippen molar-refractivity contribution in [1.82, 2.24) is 0 Å². The molecule has 0 aliphatic heterocycles. The van der Waals surface area contributed by atoms with Crippen LogP contribution in [0.25, 0.3) is 0 Å². The van der Waals surface area contributed by atoms with E-state index in [4.69, 9.17) is 9.47 Å². The summed E-state index contributed by atoms with van der Waals surface area (Å²) < 4.78 is 9.92.